The lowest BCUT2D eigenvalue weighted by Gasteiger charge is -2.07. The minimum Gasteiger partial charge on any atom is -0.480 e. The number of rotatable bonds is 3. The molecule has 0 aliphatic carbocycles. The average molecular weight is 278 g/mol. The molecule has 0 aliphatic rings. The molecule has 2 N–H and O–H groups in total. The van der Waals surface area contributed by atoms with Gasteiger partial charge in [-0.1, -0.05) is 0 Å². The fraction of sp³-hybridized carbons (Fsp3) is 0.250. The average Bonchev–Trinajstić information content (AvgIpc) is 2.51. The predicted octanol–water partition coefficient (Wildman–Crippen LogP) is 1.71. The lowest BCUT2D eigenvalue weighted by Crippen LogP contribution is -2.38. The van der Waals surface area contributed by atoms with E-state index in [0.717, 1.165) is 0 Å². The van der Waals surface area contributed by atoms with E-state index in [1.807, 2.05) is 0 Å². The van der Waals surface area contributed by atoms with Crippen LogP contribution < -0.4 is 5.32 Å². The predicted molar refractivity (Wildman–Crippen MR) is 56.6 cm³/mol. The number of thiophene rings is 1. The van der Waals surface area contributed by atoms with Gasteiger partial charge in [0.05, 0.1) is 0 Å². The molecule has 0 aliphatic heterocycles. The number of carboxylic acids is 1. The molecule has 76 valence electrons. The number of nitrogens with one attached hydrogen (secondary N) is 1. The standard InChI is InChI=1S/C8H8BrNO3S/c1-4(8(12)13)10-7(11)6-5(9)2-3-14-6/h2-4H,1H3,(H,10,11)(H,12,13). The fourth-order valence-corrected chi connectivity index (χ4v) is 2.23. The van der Waals surface area contributed by atoms with Crippen LogP contribution in [0.1, 0.15) is 16.6 Å². The van der Waals surface area contributed by atoms with Crippen LogP contribution in [0, 0.1) is 0 Å². The molecule has 0 saturated carbocycles. The third kappa shape index (κ3) is 2.55. The van der Waals surface area contributed by atoms with Crippen molar-refractivity contribution in [1.82, 2.24) is 5.32 Å². The minimum atomic E-state index is -1.05. The van der Waals surface area contributed by atoms with E-state index < -0.39 is 12.0 Å². The van der Waals surface area contributed by atoms with Gasteiger partial charge in [0.25, 0.3) is 5.91 Å². The molecule has 0 bridgehead atoms. The summed E-state index contributed by atoms with van der Waals surface area (Å²) in [5.41, 5.74) is 0. The second-order valence-electron chi connectivity index (χ2n) is 2.63. The molecule has 0 fully saturated rings. The lowest BCUT2D eigenvalue weighted by molar-refractivity contribution is -0.138. The summed E-state index contributed by atoms with van der Waals surface area (Å²) in [6.07, 6.45) is 0. The van der Waals surface area contributed by atoms with Crippen LogP contribution in [0.5, 0.6) is 0 Å². The number of halogens is 1. The maximum atomic E-state index is 11.4. The molecule has 1 rings (SSSR count). The van der Waals surface area contributed by atoms with E-state index in [1.165, 1.54) is 18.3 Å². The zero-order valence-corrected chi connectivity index (χ0v) is 9.68. The smallest absolute Gasteiger partial charge is 0.325 e. The first kappa shape index (κ1) is 11.2. The SMILES string of the molecule is CC(NC(=O)c1sccc1Br)C(=O)O. The molecule has 0 spiro atoms. The highest BCUT2D eigenvalue weighted by atomic mass is 79.9. The molecular weight excluding hydrogens is 270 g/mol. The molecule has 1 aromatic heterocycles. The van der Waals surface area contributed by atoms with Crippen molar-refractivity contribution >= 4 is 39.1 Å². The Labute approximate surface area is 93.1 Å². The van der Waals surface area contributed by atoms with Gasteiger partial charge < -0.3 is 10.4 Å². The van der Waals surface area contributed by atoms with Crippen LogP contribution in [-0.4, -0.2) is 23.0 Å². The number of hydrogen-bond donors (Lipinski definition) is 2. The molecule has 0 saturated heterocycles. The summed E-state index contributed by atoms with van der Waals surface area (Å²) < 4.78 is 0.678. The summed E-state index contributed by atoms with van der Waals surface area (Å²) in [7, 11) is 0. The lowest BCUT2D eigenvalue weighted by atomic mass is 10.3. The number of carboxylic acid groups (broad SMARTS) is 1. The largest absolute Gasteiger partial charge is 0.480 e. The summed E-state index contributed by atoms with van der Waals surface area (Å²) in [5.74, 6) is -1.42. The van der Waals surface area contributed by atoms with Gasteiger partial charge in [-0.15, -0.1) is 11.3 Å². The maximum absolute atomic E-state index is 11.4. The Hall–Kier alpha value is -0.880. The van der Waals surface area contributed by atoms with Crippen molar-refractivity contribution in [2.24, 2.45) is 0 Å². The highest BCUT2D eigenvalue weighted by Gasteiger charge is 2.17. The molecule has 0 radical (unpaired) electrons. The van der Waals surface area contributed by atoms with Crippen LogP contribution in [0.25, 0.3) is 0 Å². The van der Waals surface area contributed by atoms with Crippen LogP contribution in [0.2, 0.25) is 0 Å². The Kier molecular flexibility index (Phi) is 3.65. The van der Waals surface area contributed by atoms with Crippen molar-refractivity contribution in [2.75, 3.05) is 0 Å². The zero-order valence-electron chi connectivity index (χ0n) is 7.28. The highest BCUT2D eigenvalue weighted by Crippen LogP contribution is 2.22. The maximum Gasteiger partial charge on any atom is 0.325 e. The van der Waals surface area contributed by atoms with E-state index >= 15 is 0 Å². The van der Waals surface area contributed by atoms with Gasteiger partial charge in [-0.2, -0.15) is 0 Å². The first-order valence-corrected chi connectivity index (χ1v) is 5.46. The van der Waals surface area contributed by atoms with Gasteiger partial charge in [0.1, 0.15) is 10.9 Å². The first-order chi connectivity index (χ1) is 6.52. The molecule has 1 heterocycles. The van der Waals surface area contributed by atoms with Gasteiger partial charge in [-0.05, 0) is 34.3 Å². The third-order valence-electron chi connectivity index (χ3n) is 1.54. The van der Waals surface area contributed by atoms with Crippen LogP contribution >= 0.6 is 27.3 Å². The van der Waals surface area contributed by atoms with Gasteiger partial charge in [0, 0.05) is 4.47 Å². The minimum absolute atomic E-state index is 0.373. The second-order valence-corrected chi connectivity index (χ2v) is 4.40. The molecule has 1 atom stereocenters. The van der Waals surface area contributed by atoms with Crippen LogP contribution in [0.3, 0.4) is 0 Å². The van der Waals surface area contributed by atoms with Crippen molar-refractivity contribution in [3.8, 4) is 0 Å². The molecule has 1 unspecified atom stereocenters. The summed E-state index contributed by atoms with van der Waals surface area (Å²) in [5, 5.41) is 12.7. The van der Waals surface area contributed by atoms with Gasteiger partial charge in [-0.3, -0.25) is 9.59 Å². The number of hydrogen-bond acceptors (Lipinski definition) is 3. The number of amides is 1. The Morgan fingerprint density at radius 3 is 2.71 bits per heavy atom. The number of carbonyl (C=O) groups excluding carboxylic acids is 1. The van der Waals surface area contributed by atoms with E-state index in [1.54, 1.807) is 11.4 Å². The number of carbonyl (C=O) groups is 2. The van der Waals surface area contributed by atoms with Crippen molar-refractivity contribution in [3.63, 3.8) is 0 Å². The molecule has 1 aromatic rings. The Balaban J connectivity index is 2.69. The quantitative estimate of drug-likeness (QED) is 0.884. The summed E-state index contributed by atoms with van der Waals surface area (Å²) in [6, 6.07) is 0.863. The van der Waals surface area contributed by atoms with E-state index in [-0.39, 0.29) is 5.91 Å². The van der Waals surface area contributed by atoms with Crippen molar-refractivity contribution in [1.29, 1.82) is 0 Å². The summed E-state index contributed by atoms with van der Waals surface area (Å²) in [6.45, 7) is 1.42. The van der Waals surface area contributed by atoms with Crippen LogP contribution in [-0.2, 0) is 4.79 Å². The number of aliphatic carboxylic acids is 1. The van der Waals surface area contributed by atoms with E-state index in [9.17, 15) is 9.59 Å². The topological polar surface area (TPSA) is 66.4 Å². The van der Waals surface area contributed by atoms with Gasteiger partial charge >= 0.3 is 5.97 Å². The molecule has 1 amide bonds. The monoisotopic (exact) mass is 277 g/mol. The Morgan fingerprint density at radius 2 is 2.29 bits per heavy atom. The van der Waals surface area contributed by atoms with Crippen molar-refractivity contribution in [3.05, 3.63) is 20.8 Å². The van der Waals surface area contributed by atoms with Gasteiger partial charge in [0.15, 0.2) is 0 Å². The molecule has 6 heteroatoms. The van der Waals surface area contributed by atoms with Crippen LogP contribution in [0.4, 0.5) is 0 Å². The van der Waals surface area contributed by atoms with E-state index in [4.69, 9.17) is 5.11 Å². The van der Waals surface area contributed by atoms with Gasteiger partial charge in [-0.25, -0.2) is 0 Å². The van der Waals surface area contributed by atoms with Crippen molar-refractivity contribution in [2.45, 2.75) is 13.0 Å². The van der Waals surface area contributed by atoms with Gasteiger partial charge in [0.2, 0.25) is 0 Å². The normalized spacial score (nSPS) is 12.1. The van der Waals surface area contributed by atoms with E-state index in [2.05, 4.69) is 21.2 Å². The van der Waals surface area contributed by atoms with E-state index in [0.29, 0.717) is 9.35 Å². The molecular formula is C8H8BrNO3S. The molecule has 0 aromatic carbocycles. The zero-order chi connectivity index (χ0) is 10.7. The summed E-state index contributed by atoms with van der Waals surface area (Å²) >= 11 is 4.46. The molecule has 14 heavy (non-hydrogen) atoms. The third-order valence-corrected chi connectivity index (χ3v) is 3.38. The summed E-state index contributed by atoms with van der Waals surface area (Å²) in [4.78, 5) is 22.4. The fourth-order valence-electron chi connectivity index (χ4n) is 0.780. The first-order valence-electron chi connectivity index (χ1n) is 3.79. The molecule has 4 nitrogen and oxygen atoms in total. The Bertz CT molecular complexity index is 363. The Morgan fingerprint density at radius 1 is 1.64 bits per heavy atom. The van der Waals surface area contributed by atoms with Crippen molar-refractivity contribution < 1.29 is 14.7 Å². The second kappa shape index (κ2) is 4.56. The van der Waals surface area contributed by atoms with Crippen LogP contribution in [0.15, 0.2) is 15.9 Å². The highest BCUT2D eigenvalue weighted by molar-refractivity contribution is 9.10.